The Bertz CT molecular complexity index is 879. The zero-order valence-corrected chi connectivity index (χ0v) is 17.0. The van der Waals surface area contributed by atoms with Gasteiger partial charge in [-0.15, -0.1) is 11.3 Å². The maximum absolute atomic E-state index is 6.38. The Morgan fingerprint density at radius 2 is 2.00 bits per heavy atom. The zero-order chi connectivity index (χ0) is 18.1. The summed E-state index contributed by atoms with van der Waals surface area (Å²) in [6.45, 7) is 6.17. The minimum Gasteiger partial charge on any atom is -0.343 e. The first-order chi connectivity index (χ1) is 11.9. The number of anilines is 1. The van der Waals surface area contributed by atoms with Crippen molar-refractivity contribution in [2.45, 2.75) is 26.8 Å². The van der Waals surface area contributed by atoms with Gasteiger partial charge < -0.3 is 10.2 Å². The number of benzene rings is 2. The third kappa shape index (κ3) is 3.78. The standard InChI is InChI=1S/C19H20ClN3S2/c1-11-9-12(2)17(14(20)10-11)22-19(24)23(4)13(3)18-21-15-7-5-6-8-16(15)25-18/h5-10,13H,1-4H3,(H,22,24)/t13-/m0/s1. The maximum atomic E-state index is 6.38. The van der Waals surface area contributed by atoms with Crippen molar-refractivity contribution in [1.29, 1.82) is 0 Å². The number of aromatic nitrogens is 1. The van der Waals surface area contributed by atoms with E-state index in [1.54, 1.807) is 11.3 Å². The number of fused-ring (bicyclic) bond motifs is 1. The molecule has 0 aliphatic carbocycles. The van der Waals surface area contributed by atoms with E-state index in [0.717, 1.165) is 27.3 Å². The van der Waals surface area contributed by atoms with Crippen LogP contribution in [0, 0.1) is 13.8 Å². The van der Waals surface area contributed by atoms with Crippen molar-refractivity contribution in [2.75, 3.05) is 12.4 Å². The van der Waals surface area contributed by atoms with E-state index in [1.807, 2.05) is 50.1 Å². The molecule has 0 unspecified atom stereocenters. The van der Waals surface area contributed by atoms with Crippen molar-refractivity contribution >= 4 is 56.2 Å². The molecule has 0 bridgehead atoms. The largest absolute Gasteiger partial charge is 0.343 e. The summed E-state index contributed by atoms with van der Waals surface area (Å²) in [4.78, 5) is 6.75. The molecule has 1 aromatic heterocycles. The molecule has 0 radical (unpaired) electrons. The van der Waals surface area contributed by atoms with Crippen molar-refractivity contribution in [2.24, 2.45) is 0 Å². The van der Waals surface area contributed by atoms with Gasteiger partial charge in [-0.25, -0.2) is 4.98 Å². The maximum Gasteiger partial charge on any atom is 0.173 e. The van der Waals surface area contributed by atoms with Crippen molar-refractivity contribution < 1.29 is 0 Å². The number of para-hydroxylation sites is 1. The van der Waals surface area contributed by atoms with Crippen LogP contribution in [-0.4, -0.2) is 22.0 Å². The van der Waals surface area contributed by atoms with Crippen LogP contribution in [0.3, 0.4) is 0 Å². The van der Waals surface area contributed by atoms with Gasteiger partial charge in [0.05, 0.1) is 27.0 Å². The molecule has 130 valence electrons. The minimum absolute atomic E-state index is 0.0712. The molecule has 0 spiro atoms. The number of rotatable bonds is 3. The highest BCUT2D eigenvalue weighted by molar-refractivity contribution is 7.80. The molecule has 3 nitrogen and oxygen atoms in total. The Morgan fingerprint density at radius 3 is 2.68 bits per heavy atom. The second-order valence-corrected chi connectivity index (χ2v) is 8.03. The van der Waals surface area contributed by atoms with Gasteiger partial charge in [0.25, 0.3) is 0 Å². The second kappa shape index (κ2) is 7.28. The molecule has 0 saturated carbocycles. The highest BCUT2D eigenvalue weighted by atomic mass is 35.5. The number of thiazole rings is 1. The van der Waals surface area contributed by atoms with Gasteiger partial charge in [-0.2, -0.15) is 0 Å². The van der Waals surface area contributed by atoms with Gasteiger partial charge >= 0.3 is 0 Å². The van der Waals surface area contributed by atoms with E-state index < -0.39 is 0 Å². The number of halogens is 1. The van der Waals surface area contributed by atoms with Crippen LogP contribution in [0.4, 0.5) is 5.69 Å². The number of nitrogens with one attached hydrogen (secondary N) is 1. The van der Waals surface area contributed by atoms with E-state index in [4.69, 9.17) is 28.8 Å². The third-order valence-electron chi connectivity index (χ3n) is 4.23. The number of thiocarbonyl (C=S) groups is 1. The van der Waals surface area contributed by atoms with Crippen LogP contribution in [0.2, 0.25) is 5.02 Å². The van der Waals surface area contributed by atoms with Crippen molar-refractivity contribution in [3.8, 4) is 0 Å². The quantitative estimate of drug-likeness (QED) is 0.559. The predicted molar refractivity (Wildman–Crippen MR) is 113 cm³/mol. The Labute approximate surface area is 162 Å². The molecular weight excluding hydrogens is 370 g/mol. The summed E-state index contributed by atoms with van der Waals surface area (Å²) >= 11 is 13.7. The first kappa shape index (κ1) is 18.1. The average molecular weight is 390 g/mol. The van der Waals surface area contributed by atoms with Crippen LogP contribution in [0.5, 0.6) is 0 Å². The van der Waals surface area contributed by atoms with Gasteiger partial charge in [-0.05, 0) is 62.3 Å². The Hall–Kier alpha value is -1.69. The highest BCUT2D eigenvalue weighted by Gasteiger charge is 2.19. The average Bonchev–Trinajstić information content (AvgIpc) is 3.00. The molecule has 6 heteroatoms. The third-order valence-corrected chi connectivity index (χ3v) is 6.13. The van der Waals surface area contributed by atoms with Crippen LogP contribution in [0.15, 0.2) is 36.4 Å². The smallest absolute Gasteiger partial charge is 0.173 e. The van der Waals surface area contributed by atoms with E-state index in [2.05, 4.69) is 24.4 Å². The fraction of sp³-hybridized carbons (Fsp3) is 0.263. The molecule has 1 N–H and O–H groups in total. The van der Waals surface area contributed by atoms with Crippen LogP contribution < -0.4 is 5.32 Å². The predicted octanol–water partition coefficient (Wildman–Crippen LogP) is 5.96. The van der Waals surface area contributed by atoms with Gasteiger partial charge in [0.2, 0.25) is 0 Å². The molecule has 0 fully saturated rings. The van der Waals surface area contributed by atoms with E-state index in [9.17, 15) is 0 Å². The summed E-state index contributed by atoms with van der Waals surface area (Å²) in [5.74, 6) is 0. The number of hydrogen-bond acceptors (Lipinski definition) is 3. The molecule has 0 saturated heterocycles. The molecular formula is C19H20ClN3S2. The fourth-order valence-electron chi connectivity index (χ4n) is 2.68. The van der Waals surface area contributed by atoms with Gasteiger partial charge in [0.1, 0.15) is 5.01 Å². The lowest BCUT2D eigenvalue weighted by Crippen LogP contribution is -2.33. The van der Waals surface area contributed by atoms with Crippen LogP contribution >= 0.6 is 35.2 Å². The molecule has 25 heavy (non-hydrogen) atoms. The minimum atomic E-state index is 0.0712. The van der Waals surface area contributed by atoms with Crippen LogP contribution in [0.1, 0.15) is 29.1 Å². The molecule has 2 aromatic carbocycles. The zero-order valence-electron chi connectivity index (χ0n) is 14.6. The number of nitrogens with zero attached hydrogens (tertiary/aromatic N) is 2. The highest BCUT2D eigenvalue weighted by Crippen LogP contribution is 2.31. The first-order valence-electron chi connectivity index (χ1n) is 8.03. The van der Waals surface area contributed by atoms with Crippen molar-refractivity contribution in [3.63, 3.8) is 0 Å². The normalized spacial score (nSPS) is 12.2. The van der Waals surface area contributed by atoms with Crippen LogP contribution in [0.25, 0.3) is 10.2 Å². The molecule has 0 aliphatic heterocycles. The van der Waals surface area contributed by atoms with Gasteiger partial charge in [0.15, 0.2) is 5.11 Å². The first-order valence-corrected chi connectivity index (χ1v) is 9.63. The Morgan fingerprint density at radius 1 is 1.28 bits per heavy atom. The summed E-state index contributed by atoms with van der Waals surface area (Å²) in [6.07, 6.45) is 0. The summed E-state index contributed by atoms with van der Waals surface area (Å²) < 4.78 is 1.19. The number of aryl methyl sites for hydroxylation is 2. The topological polar surface area (TPSA) is 28.2 Å². The summed E-state index contributed by atoms with van der Waals surface area (Å²) in [7, 11) is 1.98. The van der Waals surface area contributed by atoms with Gasteiger partial charge in [0, 0.05) is 7.05 Å². The van der Waals surface area contributed by atoms with E-state index in [-0.39, 0.29) is 6.04 Å². The summed E-state index contributed by atoms with van der Waals surface area (Å²) in [6, 6.07) is 12.3. The molecule has 1 atom stereocenters. The summed E-state index contributed by atoms with van der Waals surface area (Å²) in [5, 5.41) is 5.64. The SMILES string of the molecule is Cc1cc(C)c(NC(=S)N(C)[C@@H](C)c2nc3ccccc3s2)c(Cl)c1. The summed E-state index contributed by atoms with van der Waals surface area (Å²) in [5.41, 5.74) is 4.10. The van der Waals surface area contributed by atoms with Gasteiger partial charge in [-0.1, -0.05) is 29.8 Å². The second-order valence-electron chi connectivity index (χ2n) is 6.18. The molecule has 3 aromatic rings. The molecule has 0 amide bonds. The van der Waals surface area contributed by atoms with E-state index in [1.165, 1.54) is 4.70 Å². The molecule has 0 aliphatic rings. The van der Waals surface area contributed by atoms with E-state index >= 15 is 0 Å². The lowest BCUT2D eigenvalue weighted by atomic mass is 10.1. The van der Waals surface area contributed by atoms with Crippen molar-refractivity contribution in [3.05, 3.63) is 57.6 Å². The molecule has 3 rings (SSSR count). The Kier molecular flexibility index (Phi) is 5.27. The van der Waals surface area contributed by atoms with Gasteiger partial charge in [-0.3, -0.25) is 0 Å². The number of hydrogen-bond donors (Lipinski definition) is 1. The van der Waals surface area contributed by atoms with E-state index in [0.29, 0.717) is 10.1 Å². The lowest BCUT2D eigenvalue weighted by molar-refractivity contribution is 0.407. The van der Waals surface area contributed by atoms with Crippen molar-refractivity contribution in [1.82, 2.24) is 9.88 Å². The van der Waals surface area contributed by atoms with Crippen LogP contribution in [-0.2, 0) is 0 Å². The fourth-order valence-corrected chi connectivity index (χ4v) is 4.37. The monoisotopic (exact) mass is 389 g/mol. The Balaban J connectivity index is 1.80. The lowest BCUT2D eigenvalue weighted by Gasteiger charge is -2.27. The molecule has 1 heterocycles.